The van der Waals surface area contributed by atoms with Gasteiger partial charge in [0.15, 0.2) is 11.6 Å². The Labute approximate surface area is 167 Å². The van der Waals surface area contributed by atoms with Gasteiger partial charge in [-0.05, 0) is 43.5 Å². The first kappa shape index (κ1) is 19.3. The molecule has 1 aliphatic rings. The number of carbonyl (C=O) groups is 1. The van der Waals surface area contributed by atoms with Crippen LogP contribution in [0.4, 0.5) is 4.39 Å². The number of nitrogens with zero attached hydrogens (tertiary/aromatic N) is 5. The van der Waals surface area contributed by atoms with Crippen LogP contribution in [0, 0.1) is 12.7 Å². The van der Waals surface area contributed by atoms with Crippen molar-refractivity contribution in [3.63, 3.8) is 0 Å². The minimum absolute atomic E-state index is 0.0621. The van der Waals surface area contributed by atoms with Crippen LogP contribution in [0.25, 0.3) is 5.78 Å². The topological polar surface area (TPSA) is 84.6 Å². The molecule has 8 nitrogen and oxygen atoms in total. The van der Waals surface area contributed by atoms with Crippen LogP contribution in [-0.2, 0) is 6.54 Å². The zero-order valence-corrected chi connectivity index (χ0v) is 16.4. The van der Waals surface area contributed by atoms with Crippen molar-refractivity contribution in [1.82, 2.24) is 29.8 Å². The van der Waals surface area contributed by atoms with Crippen molar-refractivity contribution in [1.29, 1.82) is 0 Å². The monoisotopic (exact) mass is 398 g/mol. The largest absolute Gasteiger partial charge is 0.494 e. The highest BCUT2D eigenvalue weighted by molar-refractivity contribution is 5.91. The van der Waals surface area contributed by atoms with E-state index in [-0.39, 0.29) is 29.3 Å². The number of aromatic nitrogens is 4. The summed E-state index contributed by atoms with van der Waals surface area (Å²) in [4.78, 5) is 23.1. The number of hydrogen-bond donors (Lipinski definition) is 1. The smallest absolute Gasteiger partial charge is 0.291 e. The molecule has 4 rings (SSSR count). The molecule has 3 heterocycles. The zero-order valence-electron chi connectivity index (χ0n) is 16.4. The van der Waals surface area contributed by atoms with Gasteiger partial charge in [0.25, 0.3) is 11.7 Å². The second kappa shape index (κ2) is 8.12. The lowest BCUT2D eigenvalue weighted by Crippen LogP contribution is -2.44. The molecule has 9 heteroatoms. The highest BCUT2D eigenvalue weighted by atomic mass is 19.1. The summed E-state index contributed by atoms with van der Waals surface area (Å²) < 4.78 is 20.4. The Kier molecular flexibility index (Phi) is 5.39. The summed E-state index contributed by atoms with van der Waals surface area (Å²) in [7, 11) is 1.45. The molecule has 1 N–H and O–H groups in total. The molecule has 2 aromatic heterocycles. The van der Waals surface area contributed by atoms with Crippen LogP contribution in [0.2, 0.25) is 0 Å². The van der Waals surface area contributed by atoms with Gasteiger partial charge in [-0.1, -0.05) is 6.07 Å². The molecule has 0 spiro atoms. The number of methoxy groups -OCH3 is 1. The van der Waals surface area contributed by atoms with Crippen molar-refractivity contribution in [3.8, 4) is 5.75 Å². The fourth-order valence-electron chi connectivity index (χ4n) is 3.55. The second-order valence-corrected chi connectivity index (χ2v) is 7.23. The summed E-state index contributed by atoms with van der Waals surface area (Å²) in [5, 5.41) is 7.26. The molecular formula is C20H23FN6O2. The van der Waals surface area contributed by atoms with E-state index in [2.05, 4.69) is 25.3 Å². The second-order valence-electron chi connectivity index (χ2n) is 7.23. The van der Waals surface area contributed by atoms with Gasteiger partial charge in [-0.3, -0.25) is 9.69 Å². The van der Waals surface area contributed by atoms with E-state index in [0.29, 0.717) is 12.3 Å². The number of halogens is 1. The molecule has 0 radical (unpaired) electrons. The van der Waals surface area contributed by atoms with Crippen molar-refractivity contribution in [2.45, 2.75) is 32.4 Å². The summed E-state index contributed by atoms with van der Waals surface area (Å²) in [5.41, 5.74) is 1.77. The Morgan fingerprint density at radius 3 is 2.79 bits per heavy atom. The molecule has 3 aromatic rings. The molecule has 29 heavy (non-hydrogen) atoms. The number of hydrogen-bond acceptors (Lipinski definition) is 6. The maximum Gasteiger partial charge on any atom is 0.291 e. The molecule has 1 amide bonds. The third-order valence-corrected chi connectivity index (χ3v) is 5.18. The van der Waals surface area contributed by atoms with Gasteiger partial charge >= 0.3 is 0 Å². The highest BCUT2D eigenvalue weighted by Crippen LogP contribution is 2.20. The Bertz CT molecular complexity index is 1030. The lowest BCUT2D eigenvalue weighted by molar-refractivity contribution is 0.0898. The van der Waals surface area contributed by atoms with Crippen LogP contribution in [0.1, 0.15) is 34.7 Å². The third kappa shape index (κ3) is 4.19. The van der Waals surface area contributed by atoms with Crippen molar-refractivity contribution in [3.05, 3.63) is 53.4 Å². The molecule has 0 saturated carbocycles. The average molecular weight is 398 g/mol. The van der Waals surface area contributed by atoms with E-state index >= 15 is 0 Å². The Hall–Kier alpha value is -3.07. The van der Waals surface area contributed by atoms with Gasteiger partial charge in [0.2, 0.25) is 5.82 Å². The molecule has 0 atom stereocenters. The van der Waals surface area contributed by atoms with Crippen LogP contribution in [-0.4, -0.2) is 56.6 Å². The fourth-order valence-corrected chi connectivity index (χ4v) is 3.55. The van der Waals surface area contributed by atoms with E-state index in [9.17, 15) is 9.18 Å². The number of benzene rings is 1. The van der Waals surface area contributed by atoms with Gasteiger partial charge in [-0.2, -0.15) is 4.98 Å². The number of piperidine rings is 1. The number of aryl methyl sites for hydroxylation is 1. The van der Waals surface area contributed by atoms with E-state index in [1.54, 1.807) is 16.8 Å². The van der Waals surface area contributed by atoms with E-state index in [1.165, 1.54) is 13.2 Å². The molecule has 1 aromatic carbocycles. The van der Waals surface area contributed by atoms with Gasteiger partial charge < -0.3 is 10.1 Å². The number of fused-ring (bicyclic) bond motifs is 1. The van der Waals surface area contributed by atoms with Crippen LogP contribution >= 0.6 is 0 Å². The first-order valence-corrected chi connectivity index (χ1v) is 9.57. The van der Waals surface area contributed by atoms with Crippen molar-refractivity contribution >= 4 is 11.7 Å². The number of nitrogens with one attached hydrogen (secondary N) is 1. The molecule has 1 fully saturated rings. The number of likely N-dealkylation sites (tertiary alicyclic amines) is 1. The standard InChI is InChI=1S/C20H23FN6O2/c1-13-5-8-22-20-24-18(25-27(13)20)19(28)23-15-6-9-26(10-7-15)12-14-3-4-17(29-2)16(21)11-14/h3-5,8,11,15H,6-7,9-10,12H2,1-2H3,(H,23,28). The molecule has 0 aliphatic carbocycles. The summed E-state index contributed by atoms with van der Waals surface area (Å²) in [6, 6.07) is 6.91. The van der Waals surface area contributed by atoms with Gasteiger partial charge in [0.05, 0.1) is 7.11 Å². The molecule has 1 saturated heterocycles. The molecule has 0 unspecified atom stereocenters. The highest BCUT2D eigenvalue weighted by Gasteiger charge is 2.23. The number of ether oxygens (including phenoxy) is 1. The third-order valence-electron chi connectivity index (χ3n) is 5.18. The number of amides is 1. The zero-order chi connectivity index (χ0) is 20.4. The van der Waals surface area contributed by atoms with Gasteiger partial charge in [0, 0.05) is 37.6 Å². The minimum atomic E-state index is -0.350. The van der Waals surface area contributed by atoms with E-state index in [0.717, 1.165) is 37.2 Å². The van der Waals surface area contributed by atoms with Crippen molar-refractivity contribution in [2.75, 3.05) is 20.2 Å². The van der Waals surface area contributed by atoms with Gasteiger partial charge in [0.1, 0.15) is 0 Å². The SMILES string of the molecule is COc1ccc(CN2CCC(NC(=O)c3nc4nccc(C)n4n3)CC2)cc1F. The molecule has 1 aliphatic heterocycles. The molecule has 152 valence electrons. The summed E-state index contributed by atoms with van der Waals surface area (Å²) in [6.07, 6.45) is 3.27. The fraction of sp³-hybridized carbons (Fsp3) is 0.400. The van der Waals surface area contributed by atoms with Crippen LogP contribution in [0.3, 0.4) is 0 Å². The predicted molar refractivity (Wildman–Crippen MR) is 104 cm³/mol. The lowest BCUT2D eigenvalue weighted by atomic mass is 10.0. The van der Waals surface area contributed by atoms with E-state index < -0.39 is 0 Å². The molecule has 0 bridgehead atoms. The summed E-state index contributed by atoms with van der Waals surface area (Å²) in [5.74, 6) is 0.156. The number of rotatable bonds is 5. The maximum absolute atomic E-state index is 13.9. The van der Waals surface area contributed by atoms with Gasteiger partial charge in [-0.15, -0.1) is 5.10 Å². The van der Waals surface area contributed by atoms with E-state index in [4.69, 9.17) is 4.74 Å². The summed E-state index contributed by atoms with van der Waals surface area (Å²) in [6.45, 7) is 4.19. The normalized spacial score (nSPS) is 15.6. The van der Waals surface area contributed by atoms with Crippen molar-refractivity contribution in [2.24, 2.45) is 0 Å². The van der Waals surface area contributed by atoms with Crippen LogP contribution in [0.15, 0.2) is 30.5 Å². The molecular weight excluding hydrogens is 375 g/mol. The van der Waals surface area contributed by atoms with Crippen LogP contribution < -0.4 is 10.1 Å². The van der Waals surface area contributed by atoms with Crippen LogP contribution in [0.5, 0.6) is 5.75 Å². The average Bonchev–Trinajstić information content (AvgIpc) is 3.16. The first-order valence-electron chi connectivity index (χ1n) is 9.57. The Morgan fingerprint density at radius 2 is 2.10 bits per heavy atom. The quantitative estimate of drug-likeness (QED) is 0.707. The lowest BCUT2D eigenvalue weighted by Gasteiger charge is -2.32. The number of carbonyl (C=O) groups excluding carboxylic acids is 1. The summed E-state index contributed by atoms with van der Waals surface area (Å²) >= 11 is 0. The van der Waals surface area contributed by atoms with Crippen molar-refractivity contribution < 1.29 is 13.9 Å². The Balaban J connectivity index is 1.31. The first-order chi connectivity index (χ1) is 14.0. The van der Waals surface area contributed by atoms with E-state index in [1.807, 2.05) is 19.1 Å². The predicted octanol–water partition coefficient (Wildman–Crippen LogP) is 1.97. The van der Waals surface area contributed by atoms with Gasteiger partial charge in [-0.25, -0.2) is 13.9 Å². The maximum atomic E-state index is 13.9. The minimum Gasteiger partial charge on any atom is -0.494 e. The Morgan fingerprint density at radius 1 is 1.31 bits per heavy atom.